The predicted octanol–water partition coefficient (Wildman–Crippen LogP) is 1.89. The van der Waals surface area contributed by atoms with Crippen LogP contribution in [-0.2, 0) is 17.8 Å². The first-order valence-corrected chi connectivity index (χ1v) is 6.77. The molecule has 0 radical (unpaired) electrons. The number of carbonyl (C=O) groups is 1. The van der Waals surface area contributed by atoms with Crippen molar-refractivity contribution in [2.24, 2.45) is 0 Å². The van der Waals surface area contributed by atoms with Crippen molar-refractivity contribution in [3.8, 4) is 11.5 Å². The maximum atomic E-state index is 11.8. The number of hydrogen-bond acceptors (Lipinski definition) is 6. The number of aryl methyl sites for hydroxylation is 1. The zero-order chi connectivity index (χ0) is 15.4. The lowest BCUT2D eigenvalue weighted by Crippen LogP contribution is -2.24. The minimum Gasteiger partial charge on any atom is -0.419 e. The van der Waals surface area contributed by atoms with Gasteiger partial charge in [0.1, 0.15) is 5.76 Å². The van der Waals surface area contributed by atoms with Crippen LogP contribution in [0, 0.1) is 6.92 Å². The van der Waals surface area contributed by atoms with Gasteiger partial charge in [-0.1, -0.05) is 23.4 Å². The Kier molecular flexibility index (Phi) is 3.95. The molecule has 0 bridgehead atoms. The van der Waals surface area contributed by atoms with Crippen LogP contribution in [0.15, 0.2) is 45.3 Å². The molecule has 3 aromatic rings. The maximum absolute atomic E-state index is 11.8. The molecule has 0 aliphatic heterocycles. The highest BCUT2D eigenvalue weighted by Crippen LogP contribution is 2.16. The van der Waals surface area contributed by atoms with Gasteiger partial charge < -0.3 is 14.3 Å². The Bertz CT molecular complexity index is 764. The molecule has 2 aromatic heterocycles. The van der Waals surface area contributed by atoms with Crippen LogP contribution < -0.4 is 5.32 Å². The standard InChI is InChI=1S/C15H14N4O3/c1-10-7-12(22-19-10)8-13(20)16-9-14-17-18-15(21-14)11-5-3-2-4-6-11/h2-7H,8-9H2,1H3,(H,16,20). The number of hydrogen-bond donors (Lipinski definition) is 1. The van der Waals surface area contributed by atoms with Gasteiger partial charge in [-0.2, -0.15) is 0 Å². The fourth-order valence-electron chi connectivity index (χ4n) is 1.92. The molecule has 3 rings (SSSR count). The summed E-state index contributed by atoms with van der Waals surface area (Å²) in [6, 6.07) is 11.2. The summed E-state index contributed by atoms with van der Waals surface area (Å²) in [4.78, 5) is 11.8. The number of aromatic nitrogens is 3. The van der Waals surface area contributed by atoms with Crippen molar-refractivity contribution >= 4 is 5.91 Å². The topological polar surface area (TPSA) is 94.1 Å². The van der Waals surface area contributed by atoms with Crippen molar-refractivity contribution in [3.63, 3.8) is 0 Å². The highest BCUT2D eigenvalue weighted by atomic mass is 16.5. The first-order valence-electron chi connectivity index (χ1n) is 6.77. The number of rotatable bonds is 5. The summed E-state index contributed by atoms with van der Waals surface area (Å²) >= 11 is 0. The van der Waals surface area contributed by atoms with Gasteiger partial charge in [-0.05, 0) is 19.1 Å². The van der Waals surface area contributed by atoms with Gasteiger partial charge in [0.15, 0.2) is 0 Å². The fraction of sp³-hybridized carbons (Fsp3) is 0.200. The Labute approximate surface area is 126 Å². The summed E-state index contributed by atoms with van der Waals surface area (Å²) in [5.41, 5.74) is 1.58. The van der Waals surface area contributed by atoms with Crippen molar-refractivity contribution in [2.75, 3.05) is 0 Å². The first kappa shape index (κ1) is 14.0. The molecule has 0 atom stereocenters. The summed E-state index contributed by atoms with van der Waals surface area (Å²) in [6.45, 7) is 1.97. The Balaban J connectivity index is 1.56. The Hall–Kier alpha value is -2.96. The summed E-state index contributed by atoms with van der Waals surface area (Å²) < 4.78 is 10.5. The molecule has 0 aliphatic rings. The summed E-state index contributed by atoms with van der Waals surface area (Å²) in [5, 5.41) is 14.3. The van der Waals surface area contributed by atoms with Crippen LogP contribution >= 0.6 is 0 Å². The molecule has 1 N–H and O–H groups in total. The predicted molar refractivity (Wildman–Crippen MR) is 76.5 cm³/mol. The van der Waals surface area contributed by atoms with E-state index in [0.29, 0.717) is 17.5 Å². The summed E-state index contributed by atoms with van der Waals surface area (Å²) in [6.07, 6.45) is 0.126. The molecule has 0 spiro atoms. The molecule has 7 heteroatoms. The van der Waals surface area contributed by atoms with E-state index in [4.69, 9.17) is 8.94 Å². The second kappa shape index (κ2) is 6.21. The number of amides is 1. The van der Waals surface area contributed by atoms with Gasteiger partial charge in [0.2, 0.25) is 17.7 Å². The van der Waals surface area contributed by atoms with E-state index in [2.05, 4.69) is 20.7 Å². The first-order chi connectivity index (χ1) is 10.7. The van der Waals surface area contributed by atoms with E-state index in [1.165, 1.54) is 0 Å². The van der Waals surface area contributed by atoms with Crippen LogP contribution in [-0.4, -0.2) is 21.3 Å². The van der Waals surface area contributed by atoms with E-state index in [-0.39, 0.29) is 18.9 Å². The molecule has 7 nitrogen and oxygen atoms in total. The molecule has 0 saturated heterocycles. The van der Waals surface area contributed by atoms with Crippen LogP contribution in [0.1, 0.15) is 17.3 Å². The largest absolute Gasteiger partial charge is 0.419 e. The summed E-state index contributed by atoms with van der Waals surface area (Å²) in [5.74, 6) is 1.10. The molecule has 0 fully saturated rings. The molecule has 1 amide bonds. The Morgan fingerprint density at radius 2 is 2.05 bits per heavy atom. The Morgan fingerprint density at radius 3 is 2.77 bits per heavy atom. The molecule has 0 aliphatic carbocycles. The van der Waals surface area contributed by atoms with Crippen LogP contribution in [0.25, 0.3) is 11.5 Å². The lowest BCUT2D eigenvalue weighted by Gasteiger charge is -1.99. The van der Waals surface area contributed by atoms with E-state index in [1.807, 2.05) is 30.3 Å². The zero-order valence-electron chi connectivity index (χ0n) is 11.9. The maximum Gasteiger partial charge on any atom is 0.247 e. The van der Waals surface area contributed by atoms with E-state index >= 15 is 0 Å². The average Bonchev–Trinajstić information content (AvgIpc) is 3.15. The van der Waals surface area contributed by atoms with Crippen LogP contribution in [0.4, 0.5) is 0 Å². The molecule has 2 heterocycles. The van der Waals surface area contributed by atoms with Gasteiger partial charge in [0, 0.05) is 11.6 Å². The molecule has 0 unspecified atom stereocenters. The minimum atomic E-state index is -0.199. The molecular formula is C15H14N4O3. The normalized spacial score (nSPS) is 10.6. The third kappa shape index (κ3) is 3.38. The van der Waals surface area contributed by atoms with Crippen LogP contribution in [0.2, 0.25) is 0 Å². The summed E-state index contributed by atoms with van der Waals surface area (Å²) in [7, 11) is 0. The quantitative estimate of drug-likeness (QED) is 0.773. The average molecular weight is 298 g/mol. The fourth-order valence-corrected chi connectivity index (χ4v) is 1.92. The smallest absolute Gasteiger partial charge is 0.247 e. The molecule has 112 valence electrons. The second-order valence-corrected chi connectivity index (χ2v) is 4.76. The van der Waals surface area contributed by atoms with Crippen LogP contribution in [0.3, 0.4) is 0 Å². The third-order valence-corrected chi connectivity index (χ3v) is 2.94. The number of benzene rings is 1. The van der Waals surface area contributed by atoms with E-state index in [0.717, 1.165) is 11.3 Å². The second-order valence-electron chi connectivity index (χ2n) is 4.76. The van der Waals surface area contributed by atoms with Crippen molar-refractivity contribution in [1.82, 2.24) is 20.7 Å². The van der Waals surface area contributed by atoms with Crippen molar-refractivity contribution < 1.29 is 13.7 Å². The van der Waals surface area contributed by atoms with Gasteiger partial charge in [-0.25, -0.2) is 0 Å². The van der Waals surface area contributed by atoms with Gasteiger partial charge in [0.05, 0.1) is 18.7 Å². The van der Waals surface area contributed by atoms with Crippen molar-refractivity contribution in [1.29, 1.82) is 0 Å². The third-order valence-electron chi connectivity index (χ3n) is 2.94. The molecule has 0 saturated carbocycles. The van der Waals surface area contributed by atoms with Crippen molar-refractivity contribution in [3.05, 3.63) is 53.7 Å². The van der Waals surface area contributed by atoms with Crippen molar-refractivity contribution in [2.45, 2.75) is 19.9 Å². The highest BCUT2D eigenvalue weighted by Gasteiger charge is 2.11. The van der Waals surface area contributed by atoms with Gasteiger partial charge in [-0.3, -0.25) is 4.79 Å². The molecule has 1 aromatic carbocycles. The lowest BCUT2D eigenvalue weighted by atomic mass is 10.2. The van der Waals surface area contributed by atoms with Gasteiger partial charge >= 0.3 is 0 Å². The van der Waals surface area contributed by atoms with Crippen LogP contribution in [0.5, 0.6) is 0 Å². The minimum absolute atomic E-state index is 0.126. The van der Waals surface area contributed by atoms with E-state index in [9.17, 15) is 4.79 Å². The van der Waals surface area contributed by atoms with Gasteiger partial charge in [0.25, 0.3) is 0 Å². The number of nitrogens with one attached hydrogen (secondary N) is 1. The monoisotopic (exact) mass is 298 g/mol. The SMILES string of the molecule is Cc1cc(CC(=O)NCc2nnc(-c3ccccc3)o2)on1. The highest BCUT2D eigenvalue weighted by molar-refractivity contribution is 5.77. The number of carbonyl (C=O) groups excluding carboxylic acids is 1. The number of nitrogens with zero attached hydrogens (tertiary/aromatic N) is 3. The van der Waals surface area contributed by atoms with E-state index < -0.39 is 0 Å². The molecular weight excluding hydrogens is 284 g/mol. The lowest BCUT2D eigenvalue weighted by molar-refractivity contribution is -0.121. The zero-order valence-corrected chi connectivity index (χ0v) is 11.9. The molecule has 22 heavy (non-hydrogen) atoms. The van der Waals surface area contributed by atoms with Gasteiger partial charge in [-0.15, -0.1) is 10.2 Å². The van der Waals surface area contributed by atoms with E-state index in [1.54, 1.807) is 13.0 Å². The Morgan fingerprint density at radius 1 is 1.23 bits per heavy atom.